The molecule has 0 fully saturated rings. The molecule has 2 rings (SSSR count). The number of carbonyl (C=O) groups is 3. The Balaban J connectivity index is 2.23. The Morgan fingerprint density at radius 2 is 2.18 bits per heavy atom. The molecule has 0 spiro atoms. The van der Waals surface area contributed by atoms with Crippen molar-refractivity contribution in [3.8, 4) is 5.75 Å². The van der Waals surface area contributed by atoms with Crippen molar-refractivity contribution in [2.24, 2.45) is 0 Å². The summed E-state index contributed by atoms with van der Waals surface area (Å²) in [5, 5.41) is 10.7. The van der Waals surface area contributed by atoms with Gasteiger partial charge in [-0.15, -0.1) is 0 Å². The van der Waals surface area contributed by atoms with Crippen LogP contribution in [0, 0.1) is 10.1 Å². The molecule has 11 nitrogen and oxygen atoms in total. The molecule has 0 saturated carbocycles. The van der Waals surface area contributed by atoms with Gasteiger partial charge in [0.05, 0.1) is 0 Å². The number of nitrogens with zero attached hydrogens (tertiary/aromatic N) is 3. The largest absolute Gasteiger partial charge is 0.477 e. The standard InChI is InChI=1S/C11H11N5O6/c1-6(17)13-14-9(18)4-15-10(19)5-22-7-2-3-8(16(20)21)12-11(7)15/h2-3H,4-5H2,1H3,(H,13,17)(H,14,18). The monoisotopic (exact) mass is 309 g/mol. The summed E-state index contributed by atoms with van der Waals surface area (Å²) in [4.78, 5) is 48.9. The van der Waals surface area contributed by atoms with Gasteiger partial charge in [-0.1, -0.05) is 0 Å². The summed E-state index contributed by atoms with van der Waals surface area (Å²) in [6, 6.07) is 2.43. The van der Waals surface area contributed by atoms with E-state index >= 15 is 0 Å². The van der Waals surface area contributed by atoms with Crippen molar-refractivity contribution in [2.45, 2.75) is 6.92 Å². The minimum atomic E-state index is -0.727. The summed E-state index contributed by atoms with van der Waals surface area (Å²) >= 11 is 0. The smallest absolute Gasteiger partial charge is 0.366 e. The van der Waals surface area contributed by atoms with Crippen LogP contribution in [0.2, 0.25) is 0 Å². The van der Waals surface area contributed by atoms with Gasteiger partial charge in [0.15, 0.2) is 12.4 Å². The molecule has 0 radical (unpaired) electrons. The second-order valence-electron chi connectivity index (χ2n) is 4.25. The minimum Gasteiger partial charge on any atom is -0.477 e. The molecular weight excluding hydrogens is 298 g/mol. The third-order valence-corrected chi connectivity index (χ3v) is 2.60. The Bertz CT molecular complexity index is 660. The molecule has 0 bridgehead atoms. The first kappa shape index (κ1) is 15.2. The number of carbonyl (C=O) groups excluding carboxylic acids is 3. The fourth-order valence-corrected chi connectivity index (χ4v) is 1.67. The van der Waals surface area contributed by atoms with E-state index in [4.69, 9.17) is 4.74 Å². The molecule has 0 atom stereocenters. The van der Waals surface area contributed by atoms with Crippen molar-refractivity contribution in [2.75, 3.05) is 18.1 Å². The highest BCUT2D eigenvalue weighted by Crippen LogP contribution is 2.31. The molecule has 116 valence electrons. The summed E-state index contributed by atoms with van der Waals surface area (Å²) in [5.41, 5.74) is 4.15. The summed E-state index contributed by atoms with van der Waals surface area (Å²) in [5.74, 6) is -2.22. The van der Waals surface area contributed by atoms with Crippen LogP contribution in [0.3, 0.4) is 0 Å². The fraction of sp³-hybridized carbons (Fsp3) is 0.273. The van der Waals surface area contributed by atoms with E-state index in [-0.39, 0.29) is 18.2 Å². The van der Waals surface area contributed by atoms with Crippen LogP contribution in [-0.4, -0.2) is 40.8 Å². The van der Waals surface area contributed by atoms with Gasteiger partial charge in [-0.3, -0.25) is 30.1 Å². The lowest BCUT2D eigenvalue weighted by Crippen LogP contribution is -2.49. The van der Waals surface area contributed by atoms with Crippen LogP contribution in [0.25, 0.3) is 0 Å². The predicted molar refractivity (Wildman–Crippen MR) is 70.7 cm³/mol. The molecule has 22 heavy (non-hydrogen) atoms. The molecule has 11 heteroatoms. The Hall–Kier alpha value is -3.24. The van der Waals surface area contributed by atoms with Gasteiger partial charge in [-0.25, -0.2) is 0 Å². The first-order chi connectivity index (χ1) is 10.4. The molecular formula is C11H11N5O6. The van der Waals surface area contributed by atoms with Gasteiger partial charge in [0.1, 0.15) is 6.54 Å². The highest BCUT2D eigenvalue weighted by atomic mass is 16.6. The van der Waals surface area contributed by atoms with Crippen LogP contribution in [-0.2, 0) is 14.4 Å². The molecule has 2 N–H and O–H groups in total. The average Bonchev–Trinajstić information content (AvgIpc) is 2.47. The second-order valence-corrected chi connectivity index (χ2v) is 4.25. The highest BCUT2D eigenvalue weighted by molar-refractivity contribution is 6.01. The molecule has 1 aliphatic rings. The van der Waals surface area contributed by atoms with E-state index in [0.717, 1.165) is 11.0 Å². The number of anilines is 1. The summed E-state index contributed by atoms with van der Waals surface area (Å²) in [6.07, 6.45) is 0. The minimum absolute atomic E-state index is 0.122. The van der Waals surface area contributed by atoms with E-state index in [1.165, 1.54) is 13.0 Å². The van der Waals surface area contributed by atoms with Crippen molar-refractivity contribution in [3.63, 3.8) is 0 Å². The topological polar surface area (TPSA) is 144 Å². The van der Waals surface area contributed by atoms with Crippen LogP contribution in [0.4, 0.5) is 11.6 Å². The molecule has 0 aromatic carbocycles. The number of hydrogen-bond donors (Lipinski definition) is 2. The second kappa shape index (κ2) is 6.03. The fourth-order valence-electron chi connectivity index (χ4n) is 1.67. The van der Waals surface area contributed by atoms with Crippen LogP contribution < -0.4 is 20.5 Å². The highest BCUT2D eigenvalue weighted by Gasteiger charge is 2.33. The van der Waals surface area contributed by atoms with E-state index in [1.807, 2.05) is 0 Å². The SMILES string of the molecule is CC(=O)NNC(=O)CN1C(=O)COc2ccc([N+](=O)[O-])nc21. The third kappa shape index (κ3) is 3.26. The number of pyridine rings is 1. The van der Waals surface area contributed by atoms with Crippen molar-refractivity contribution in [3.05, 3.63) is 22.2 Å². The van der Waals surface area contributed by atoms with Crippen LogP contribution in [0.5, 0.6) is 5.75 Å². The first-order valence-electron chi connectivity index (χ1n) is 6.02. The maximum atomic E-state index is 11.8. The first-order valence-corrected chi connectivity index (χ1v) is 6.02. The Labute approximate surface area is 123 Å². The number of fused-ring (bicyclic) bond motifs is 1. The summed E-state index contributed by atoms with van der Waals surface area (Å²) in [6.45, 7) is 0.407. The molecule has 0 unspecified atom stereocenters. The van der Waals surface area contributed by atoms with E-state index in [2.05, 4.69) is 15.8 Å². The third-order valence-electron chi connectivity index (χ3n) is 2.60. The summed E-state index contributed by atoms with van der Waals surface area (Å²) in [7, 11) is 0. The molecule has 0 aliphatic carbocycles. The zero-order valence-corrected chi connectivity index (χ0v) is 11.4. The van der Waals surface area contributed by atoms with Gasteiger partial charge in [-0.05, 0) is 16.0 Å². The zero-order valence-electron chi connectivity index (χ0n) is 11.4. The Morgan fingerprint density at radius 1 is 1.45 bits per heavy atom. The van der Waals surface area contributed by atoms with Crippen LogP contribution in [0.15, 0.2) is 12.1 Å². The number of nitro groups is 1. The number of aromatic nitrogens is 1. The van der Waals surface area contributed by atoms with E-state index in [1.54, 1.807) is 0 Å². The lowest BCUT2D eigenvalue weighted by Gasteiger charge is -2.24. The Kier molecular flexibility index (Phi) is 4.15. The number of amides is 3. The number of nitrogens with one attached hydrogen (secondary N) is 2. The van der Waals surface area contributed by atoms with Gasteiger partial charge in [-0.2, -0.15) is 0 Å². The van der Waals surface area contributed by atoms with E-state index < -0.39 is 35.0 Å². The maximum absolute atomic E-state index is 11.8. The number of hydrazine groups is 1. The molecule has 1 aliphatic heterocycles. The van der Waals surface area contributed by atoms with Gasteiger partial charge in [0, 0.05) is 13.0 Å². The average molecular weight is 309 g/mol. The molecule has 3 amide bonds. The number of rotatable bonds is 3. The van der Waals surface area contributed by atoms with Crippen molar-refractivity contribution in [1.29, 1.82) is 0 Å². The lowest BCUT2D eigenvalue weighted by atomic mass is 10.3. The zero-order chi connectivity index (χ0) is 16.3. The molecule has 1 aromatic heterocycles. The summed E-state index contributed by atoms with van der Waals surface area (Å²) < 4.78 is 5.10. The normalized spacial score (nSPS) is 13.0. The predicted octanol–water partition coefficient (Wildman–Crippen LogP) is -1.12. The van der Waals surface area contributed by atoms with Gasteiger partial charge >= 0.3 is 5.82 Å². The van der Waals surface area contributed by atoms with Crippen LogP contribution >= 0.6 is 0 Å². The molecule has 1 aromatic rings. The van der Waals surface area contributed by atoms with Crippen molar-refractivity contribution >= 4 is 29.4 Å². The van der Waals surface area contributed by atoms with E-state index in [0.29, 0.717) is 0 Å². The lowest BCUT2D eigenvalue weighted by molar-refractivity contribution is -0.389. The molecule has 0 saturated heterocycles. The number of ether oxygens (including phenoxy) is 1. The van der Waals surface area contributed by atoms with Gasteiger partial charge in [0.25, 0.3) is 17.6 Å². The van der Waals surface area contributed by atoms with Gasteiger partial charge in [0.2, 0.25) is 5.91 Å². The van der Waals surface area contributed by atoms with E-state index in [9.17, 15) is 24.5 Å². The van der Waals surface area contributed by atoms with Crippen LogP contribution in [0.1, 0.15) is 6.92 Å². The molecule has 2 heterocycles. The van der Waals surface area contributed by atoms with Crippen molar-refractivity contribution < 1.29 is 24.0 Å². The van der Waals surface area contributed by atoms with Crippen molar-refractivity contribution in [1.82, 2.24) is 15.8 Å². The maximum Gasteiger partial charge on any atom is 0.366 e. The van der Waals surface area contributed by atoms with Gasteiger partial charge < -0.3 is 14.9 Å². The Morgan fingerprint density at radius 3 is 2.82 bits per heavy atom. The quantitative estimate of drug-likeness (QED) is 0.531. The number of hydrogen-bond acceptors (Lipinski definition) is 7.